The maximum Gasteiger partial charge on any atom is 0.291 e. The van der Waals surface area contributed by atoms with Crippen molar-refractivity contribution in [2.75, 3.05) is 5.32 Å². The van der Waals surface area contributed by atoms with Gasteiger partial charge in [-0.25, -0.2) is 0 Å². The molecule has 0 saturated carbocycles. The van der Waals surface area contributed by atoms with E-state index in [4.69, 9.17) is 9.15 Å². The first kappa shape index (κ1) is 20.6. The van der Waals surface area contributed by atoms with Crippen LogP contribution in [0, 0.1) is 10.1 Å². The topological polar surface area (TPSA) is 94.6 Å². The summed E-state index contributed by atoms with van der Waals surface area (Å²) in [6.45, 7) is 0.154. The van der Waals surface area contributed by atoms with Crippen molar-refractivity contribution in [1.82, 2.24) is 0 Å². The zero-order valence-corrected chi connectivity index (χ0v) is 18.7. The Kier molecular flexibility index (Phi) is 6.53. The molecule has 28 heavy (non-hydrogen) atoms. The van der Waals surface area contributed by atoms with Gasteiger partial charge in [-0.2, -0.15) is 0 Å². The number of para-hydroxylation sites is 1. The maximum atomic E-state index is 12.5. The molecule has 0 radical (unpaired) electrons. The average Bonchev–Trinajstić information content (AvgIpc) is 3.13. The fourth-order valence-corrected chi connectivity index (χ4v) is 4.01. The van der Waals surface area contributed by atoms with Crippen LogP contribution in [-0.2, 0) is 6.61 Å². The molecule has 0 aliphatic heterocycles. The molecule has 2 aromatic carbocycles. The first-order valence-corrected chi connectivity index (χ1v) is 10.1. The highest BCUT2D eigenvalue weighted by atomic mass is 79.9. The zero-order chi connectivity index (χ0) is 20.3. The molecule has 0 aliphatic rings. The Morgan fingerprint density at radius 3 is 2.39 bits per heavy atom. The van der Waals surface area contributed by atoms with Gasteiger partial charge < -0.3 is 14.5 Å². The van der Waals surface area contributed by atoms with Gasteiger partial charge in [0.05, 0.1) is 15.1 Å². The molecule has 3 aromatic rings. The fraction of sp³-hybridized carbons (Fsp3) is 0.0556. The molecular formula is C18H11Br3N2O5. The lowest BCUT2D eigenvalue weighted by atomic mass is 10.2. The average molecular weight is 575 g/mol. The quantitative estimate of drug-likeness (QED) is 0.275. The van der Waals surface area contributed by atoms with Crippen LogP contribution in [0.2, 0.25) is 0 Å². The van der Waals surface area contributed by atoms with Crippen molar-refractivity contribution in [3.05, 3.63) is 83.6 Å². The van der Waals surface area contributed by atoms with Crippen LogP contribution in [0.15, 0.2) is 66.4 Å². The first-order valence-electron chi connectivity index (χ1n) is 7.76. The van der Waals surface area contributed by atoms with Crippen molar-refractivity contribution in [3.8, 4) is 5.75 Å². The molecule has 144 valence electrons. The molecular weight excluding hydrogens is 564 g/mol. The van der Waals surface area contributed by atoms with E-state index in [9.17, 15) is 14.9 Å². The minimum absolute atomic E-state index is 0.0860. The number of nitro benzene ring substituents is 1. The molecule has 0 saturated heterocycles. The molecule has 0 spiro atoms. The highest BCUT2D eigenvalue weighted by molar-refractivity contribution is 9.11. The number of anilines is 1. The van der Waals surface area contributed by atoms with Gasteiger partial charge in [0, 0.05) is 21.1 Å². The lowest BCUT2D eigenvalue weighted by Crippen LogP contribution is -2.12. The largest absolute Gasteiger partial charge is 0.484 e. The van der Waals surface area contributed by atoms with E-state index < -0.39 is 10.8 Å². The number of carbonyl (C=O) groups is 1. The van der Waals surface area contributed by atoms with Gasteiger partial charge in [-0.1, -0.05) is 12.1 Å². The molecule has 0 aliphatic carbocycles. The zero-order valence-electron chi connectivity index (χ0n) is 13.9. The van der Waals surface area contributed by atoms with Crippen LogP contribution in [0.5, 0.6) is 5.75 Å². The van der Waals surface area contributed by atoms with Crippen molar-refractivity contribution < 1.29 is 18.9 Å². The molecule has 1 N–H and O–H groups in total. The maximum absolute atomic E-state index is 12.5. The number of ether oxygens (including phenoxy) is 1. The van der Waals surface area contributed by atoms with Crippen molar-refractivity contribution in [2.45, 2.75) is 6.61 Å². The summed E-state index contributed by atoms with van der Waals surface area (Å²) in [4.78, 5) is 22.8. The minimum Gasteiger partial charge on any atom is -0.484 e. The smallest absolute Gasteiger partial charge is 0.291 e. The highest BCUT2D eigenvalue weighted by Crippen LogP contribution is 2.35. The lowest BCUT2D eigenvalue weighted by molar-refractivity contribution is -0.385. The molecule has 3 rings (SSSR count). The molecule has 10 heteroatoms. The Morgan fingerprint density at radius 2 is 1.75 bits per heavy atom. The number of carbonyl (C=O) groups excluding carboxylic acids is 1. The molecule has 0 fully saturated rings. The van der Waals surface area contributed by atoms with Gasteiger partial charge in [-0.3, -0.25) is 14.9 Å². The van der Waals surface area contributed by atoms with Gasteiger partial charge in [0.25, 0.3) is 11.6 Å². The van der Waals surface area contributed by atoms with Gasteiger partial charge in [0.15, 0.2) is 5.76 Å². The van der Waals surface area contributed by atoms with Crippen molar-refractivity contribution in [2.24, 2.45) is 0 Å². The van der Waals surface area contributed by atoms with Gasteiger partial charge >= 0.3 is 0 Å². The minimum atomic E-state index is -0.523. The van der Waals surface area contributed by atoms with E-state index in [-0.39, 0.29) is 18.1 Å². The molecule has 7 nitrogen and oxygen atoms in total. The Morgan fingerprint density at radius 1 is 1.07 bits per heavy atom. The number of nitrogens with one attached hydrogen (secondary N) is 1. The molecule has 1 aromatic heterocycles. The number of nitrogens with zero attached hydrogens (tertiary/aromatic N) is 1. The summed E-state index contributed by atoms with van der Waals surface area (Å²) < 4.78 is 12.7. The third-order valence-electron chi connectivity index (χ3n) is 3.57. The fourth-order valence-electron chi connectivity index (χ4n) is 2.25. The molecule has 0 unspecified atom stereocenters. The molecule has 1 heterocycles. The summed E-state index contributed by atoms with van der Waals surface area (Å²) in [5, 5.41) is 13.6. The number of rotatable bonds is 6. The normalized spacial score (nSPS) is 10.5. The predicted molar refractivity (Wildman–Crippen MR) is 114 cm³/mol. The summed E-state index contributed by atoms with van der Waals surface area (Å²) in [6.07, 6.45) is 0. The van der Waals surface area contributed by atoms with Gasteiger partial charge in [-0.15, -0.1) is 0 Å². The lowest BCUT2D eigenvalue weighted by Gasteiger charge is -2.08. The number of nitro groups is 1. The van der Waals surface area contributed by atoms with E-state index in [0.29, 0.717) is 26.1 Å². The van der Waals surface area contributed by atoms with Crippen LogP contribution < -0.4 is 10.1 Å². The summed E-state index contributed by atoms with van der Waals surface area (Å²) in [6, 6.07) is 13.2. The van der Waals surface area contributed by atoms with Crippen LogP contribution >= 0.6 is 47.8 Å². The standard InChI is InChI=1S/C18H11Br3N2O5/c19-12-3-1-2-4-15(12)27-9-11-5-6-16(28-11)18(24)22-17-13(20)7-10(23(25)26)8-14(17)21/h1-8H,9H2,(H,22,24). The van der Waals surface area contributed by atoms with E-state index in [1.165, 1.54) is 18.2 Å². The number of non-ortho nitro benzene ring substituents is 1. The van der Waals surface area contributed by atoms with E-state index >= 15 is 0 Å². The number of hydrogen-bond acceptors (Lipinski definition) is 5. The predicted octanol–water partition coefficient (Wildman–Crippen LogP) is 6.31. The molecule has 1 amide bonds. The van der Waals surface area contributed by atoms with Crippen LogP contribution in [0.1, 0.15) is 16.3 Å². The number of benzene rings is 2. The Balaban J connectivity index is 1.69. The van der Waals surface area contributed by atoms with E-state index in [1.807, 2.05) is 24.3 Å². The van der Waals surface area contributed by atoms with Crippen LogP contribution in [0.4, 0.5) is 11.4 Å². The second-order valence-electron chi connectivity index (χ2n) is 5.48. The number of halogens is 3. The molecule has 0 atom stereocenters. The van der Waals surface area contributed by atoms with E-state index in [1.54, 1.807) is 6.07 Å². The first-order chi connectivity index (χ1) is 13.3. The van der Waals surface area contributed by atoms with Gasteiger partial charge in [0.1, 0.15) is 18.1 Å². The van der Waals surface area contributed by atoms with E-state index in [0.717, 1.165) is 4.47 Å². The Bertz CT molecular complexity index is 1030. The summed E-state index contributed by atoms with van der Waals surface area (Å²) in [7, 11) is 0. The van der Waals surface area contributed by atoms with Crippen molar-refractivity contribution >= 4 is 65.1 Å². The summed E-state index contributed by atoms with van der Waals surface area (Å²) in [5.41, 5.74) is 0.249. The second kappa shape index (κ2) is 8.89. The highest BCUT2D eigenvalue weighted by Gasteiger charge is 2.18. The van der Waals surface area contributed by atoms with Crippen LogP contribution in [0.25, 0.3) is 0 Å². The SMILES string of the molecule is O=C(Nc1c(Br)cc([N+](=O)[O-])cc1Br)c1ccc(COc2ccccc2Br)o1. The van der Waals surface area contributed by atoms with Gasteiger partial charge in [0.2, 0.25) is 0 Å². The monoisotopic (exact) mass is 572 g/mol. The van der Waals surface area contributed by atoms with Crippen molar-refractivity contribution in [3.63, 3.8) is 0 Å². The van der Waals surface area contributed by atoms with Gasteiger partial charge in [-0.05, 0) is 72.1 Å². The summed E-state index contributed by atoms with van der Waals surface area (Å²) >= 11 is 9.84. The van der Waals surface area contributed by atoms with Crippen molar-refractivity contribution in [1.29, 1.82) is 0 Å². The van der Waals surface area contributed by atoms with Crippen LogP contribution in [0.3, 0.4) is 0 Å². The summed E-state index contributed by atoms with van der Waals surface area (Å²) in [5.74, 6) is 0.719. The van der Waals surface area contributed by atoms with Crippen LogP contribution in [-0.4, -0.2) is 10.8 Å². The van der Waals surface area contributed by atoms with E-state index in [2.05, 4.69) is 53.1 Å². The molecule has 0 bridgehead atoms. The second-order valence-corrected chi connectivity index (χ2v) is 8.04. The number of furan rings is 1. The number of hydrogen-bond donors (Lipinski definition) is 1. The number of amides is 1. The Hall–Kier alpha value is -2.17. The third kappa shape index (κ3) is 4.81. The third-order valence-corrected chi connectivity index (χ3v) is 5.47. The Labute approximate surface area is 184 Å².